The van der Waals surface area contributed by atoms with Gasteiger partial charge in [0.2, 0.25) is 0 Å². The number of rotatable bonds is 1. The first-order valence-corrected chi connectivity index (χ1v) is 4.19. The van der Waals surface area contributed by atoms with E-state index in [1.807, 2.05) is 7.05 Å². The molecule has 14 heavy (non-hydrogen) atoms. The second-order valence-corrected chi connectivity index (χ2v) is 3.20. The van der Waals surface area contributed by atoms with Gasteiger partial charge in [-0.25, -0.2) is 4.79 Å². The Bertz CT molecular complexity index is 284. The van der Waals surface area contributed by atoms with Gasteiger partial charge < -0.3 is 10.0 Å². The number of nitrogens with zero attached hydrogens (tertiary/aromatic N) is 2. The molecule has 0 aromatic rings. The first-order chi connectivity index (χ1) is 6.15. The van der Waals surface area contributed by atoms with Gasteiger partial charge in [0, 0.05) is 13.1 Å². The predicted octanol–water partition coefficient (Wildman–Crippen LogP) is 1.19. The molecule has 0 unspecified atom stereocenters. The van der Waals surface area contributed by atoms with E-state index in [1.54, 1.807) is 6.07 Å². The molecule has 0 aromatic heterocycles. The molecular formula is C9H13BrN2O2. The average Bonchev–Trinajstić information content (AvgIpc) is 2.09. The molecule has 5 heteroatoms. The molecule has 1 aliphatic heterocycles. The van der Waals surface area contributed by atoms with Crippen molar-refractivity contribution in [3.63, 3.8) is 0 Å². The first kappa shape index (κ1) is 13.1. The third-order valence-electron chi connectivity index (χ3n) is 2.27. The number of carboxylic acid groups (broad SMARTS) is 1. The molecule has 1 N–H and O–H groups in total. The van der Waals surface area contributed by atoms with E-state index in [-0.39, 0.29) is 22.6 Å². The topological polar surface area (TPSA) is 64.3 Å². The van der Waals surface area contributed by atoms with E-state index in [0.717, 1.165) is 18.7 Å². The van der Waals surface area contributed by atoms with Crippen molar-refractivity contribution in [2.24, 2.45) is 0 Å². The van der Waals surface area contributed by atoms with E-state index in [0.29, 0.717) is 12.8 Å². The molecule has 0 radical (unpaired) electrons. The van der Waals surface area contributed by atoms with Gasteiger partial charge in [-0.2, -0.15) is 5.26 Å². The summed E-state index contributed by atoms with van der Waals surface area (Å²) < 4.78 is 0. The summed E-state index contributed by atoms with van der Waals surface area (Å²) in [5.74, 6) is -1.10. The number of carbonyl (C=O) groups is 1. The van der Waals surface area contributed by atoms with Gasteiger partial charge in [0.1, 0.15) is 11.6 Å². The monoisotopic (exact) mass is 260 g/mol. The summed E-state index contributed by atoms with van der Waals surface area (Å²) in [7, 11) is 1.99. The second kappa shape index (κ2) is 5.78. The maximum absolute atomic E-state index is 10.6. The molecule has 1 rings (SSSR count). The highest BCUT2D eigenvalue weighted by Gasteiger charge is 2.18. The van der Waals surface area contributed by atoms with Crippen molar-refractivity contribution in [3.8, 4) is 6.07 Å². The van der Waals surface area contributed by atoms with E-state index in [2.05, 4.69) is 4.90 Å². The third-order valence-corrected chi connectivity index (χ3v) is 2.27. The molecule has 1 saturated heterocycles. The summed E-state index contributed by atoms with van der Waals surface area (Å²) in [6.45, 7) is 1.68. The number of aliphatic carboxylic acids is 1. The van der Waals surface area contributed by atoms with Crippen molar-refractivity contribution >= 4 is 23.0 Å². The largest absolute Gasteiger partial charge is 0.477 e. The third kappa shape index (κ3) is 3.13. The molecule has 0 spiro atoms. The highest BCUT2D eigenvalue weighted by molar-refractivity contribution is 8.93. The predicted molar refractivity (Wildman–Crippen MR) is 57.3 cm³/mol. The van der Waals surface area contributed by atoms with Crippen molar-refractivity contribution in [2.45, 2.75) is 12.8 Å². The Hall–Kier alpha value is -0.860. The van der Waals surface area contributed by atoms with Crippen LogP contribution in [0.4, 0.5) is 0 Å². The fraction of sp³-hybridized carbons (Fsp3) is 0.556. The summed E-state index contributed by atoms with van der Waals surface area (Å²) in [6, 6.07) is 1.75. The molecule has 1 aliphatic rings. The van der Waals surface area contributed by atoms with Crippen LogP contribution in [0, 0.1) is 11.3 Å². The quantitative estimate of drug-likeness (QED) is 0.569. The Morgan fingerprint density at radius 3 is 2.36 bits per heavy atom. The van der Waals surface area contributed by atoms with Gasteiger partial charge in [-0.3, -0.25) is 0 Å². The first-order valence-electron chi connectivity index (χ1n) is 4.19. The van der Waals surface area contributed by atoms with Crippen molar-refractivity contribution in [1.82, 2.24) is 4.90 Å². The maximum Gasteiger partial charge on any atom is 0.346 e. The van der Waals surface area contributed by atoms with Gasteiger partial charge in [0.25, 0.3) is 0 Å². The second-order valence-electron chi connectivity index (χ2n) is 3.20. The van der Waals surface area contributed by atoms with Gasteiger partial charge >= 0.3 is 5.97 Å². The lowest BCUT2D eigenvalue weighted by Crippen LogP contribution is -2.27. The van der Waals surface area contributed by atoms with Gasteiger partial charge in [-0.15, -0.1) is 17.0 Å². The summed E-state index contributed by atoms with van der Waals surface area (Å²) in [5, 5.41) is 17.3. The molecule has 0 saturated carbocycles. The Labute approximate surface area is 93.6 Å². The van der Waals surface area contributed by atoms with Gasteiger partial charge in [0.05, 0.1) is 0 Å². The highest BCUT2D eigenvalue weighted by Crippen LogP contribution is 2.18. The lowest BCUT2D eigenvalue weighted by Gasteiger charge is -2.24. The van der Waals surface area contributed by atoms with Crippen molar-refractivity contribution < 1.29 is 9.90 Å². The zero-order valence-corrected chi connectivity index (χ0v) is 9.70. The fourth-order valence-electron chi connectivity index (χ4n) is 1.42. The van der Waals surface area contributed by atoms with Crippen LogP contribution in [0.3, 0.4) is 0 Å². The smallest absolute Gasteiger partial charge is 0.346 e. The minimum atomic E-state index is -1.10. The fourth-order valence-corrected chi connectivity index (χ4v) is 1.42. The van der Waals surface area contributed by atoms with Crippen LogP contribution < -0.4 is 0 Å². The van der Waals surface area contributed by atoms with Crippen LogP contribution in [-0.2, 0) is 4.79 Å². The molecular weight excluding hydrogens is 248 g/mol. The van der Waals surface area contributed by atoms with E-state index < -0.39 is 5.97 Å². The van der Waals surface area contributed by atoms with Gasteiger partial charge in [-0.05, 0) is 25.5 Å². The highest BCUT2D eigenvalue weighted by atomic mass is 79.9. The van der Waals surface area contributed by atoms with Crippen molar-refractivity contribution in [2.75, 3.05) is 20.1 Å². The molecule has 0 aliphatic carbocycles. The van der Waals surface area contributed by atoms with Crippen LogP contribution in [-0.4, -0.2) is 36.1 Å². The number of piperidine rings is 1. The van der Waals surface area contributed by atoms with Crippen LogP contribution in [0.1, 0.15) is 12.8 Å². The van der Waals surface area contributed by atoms with Crippen LogP contribution in [0.2, 0.25) is 0 Å². The molecule has 4 nitrogen and oxygen atoms in total. The lowest BCUT2D eigenvalue weighted by molar-refractivity contribution is -0.132. The van der Waals surface area contributed by atoms with E-state index in [9.17, 15) is 4.79 Å². The van der Waals surface area contributed by atoms with E-state index >= 15 is 0 Å². The molecule has 0 aromatic carbocycles. The number of carboxylic acids is 1. The molecule has 1 fully saturated rings. The average molecular weight is 261 g/mol. The van der Waals surface area contributed by atoms with Crippen molar-refractivity contribution in [3.05, 3.63) is 11.1 Å². The van der Waals surface area contributed by atoms with Crippen LogP contribution >= 0.6 is 17.0 Å². The van der Waals surface area contributed by atoms with Crippen molar-refractivity contribution in [1.29, 1.82) is 5.26 Å². The molecule has 0 bridgehead atoms. The number of likely N-dealkylation sites (tertiary alicyclic amines) is 1. The minimum absolute atomic E-state index is 0. The molecule has 0 atom stereocenters. The van der Waals surface area contributed by atoms with Gasteiger partial charge in [-0.1, -0.05) is 0 Å². The normalized spacial score (nSPS) is 16.7. The number of hydrogen-bond acceptors (Lipinski definition) is 3. The molecule has 78 valence electrons. The van der Waals surface area contributed by atoms with Crippen LogP contribution in [0.5, 0.6) is 0 Å². The number of halogens is 1. The minimum Gasteiger partial charge on any atom is -0.477 e. The van der Waals surface area contributed by atoms with E-state index in [4.69, 9.17) is 10.4 Å². The Kier molecular flexibility index (Phi) is 5.43. The maximum atomic E-state index is 10.6. The SMILES string of the molecule is Br.CN1CCC(=C(C#N)C(=O)O)CC1. The zero-order chi connectivity index (χ0) is 9.84. The Morgan fingerprint density at radius 2 is 2.00 bits per heavy atom. The Balaban J connectivity index is 0.00000169. The number of nitriles is 1. The van der Waals surface area contributed by atoms with Crippen LogP contribution in [0.15, 0.2) is 11.1 Å². The Morgan fingerprint density at radius 1 is 1.50 bits per heavy atom. The molecule has 0 amide bonds. The standard InChI is InChI=1S/C9H12N2O2.BrH/c1-11-4-2-7(3-5-11)8(6-10)9(12)13;/h2-5H2,1H3,(H,12,13);1H. The summed E-state index contributed by atoms with van der Waals surface area (Å²) in [6.07, 6.45) is 1.40. The zero-order valence-electron chi connectivity index (χ0n) is 7.99. The number of hydrogen-bond donors (Lipinski definition) is 1. The lowest BCUT2D eigenvalue weighted by atomic mass is 9.99. The molecule has 1 heterocycles. The van der Waals surface area contributed by atoms with E-state index in [1.165, 1.54) is 0 Å². The summed E-state index contributed by atoms with van der Waals surface area (Å²) in [5.41, 5.74) is 0.723. The van der Waals surface area contributed by atoms with Gasteiger partial charge in [0.15, 0.2) is 0 Å². The summed E-state index contributed by atoms with van der Waals surface area (Å²) >= 11 is 0. The summed E-state index contributed by atoms with van der Waals surface area (Å²) in [4.78, 5) is 12.7. The van der Waals surface area contributed by atoms with Crippen LogP contribution in [0.25, 0.3) is 0 Å².